The molecule has 0 atom stereocenters. The third kappa shape index (κ3) is 3.32. The van der Waals surface area contributed by atoms with Crippen molar-refractivity contribution in [3.63, 3.8) is 0 Å². The Morgan fingerprint density at radius 3 is 2.65 bits per heavy atom. The van der Waals surface area contributed by atoms with Gasteiger partial charge in [0.2, 0.25) is 0 Å². The summed E-state index contributed by atoms with van der Waals surface area (Å²) in [5.74, 6) is -1.84. The second kappa shape index (κ2) is 5.69. The summed E-state index contributed by atoms with van der Waals surface area (Å²) in [6.07, 6.45) is 0. The van der Waals surface area contributed by atoms with Crippen molar-refractivity contribution in [3.05, 3.63) is 64.7 Å². The molecule has 2 aromatic rings. The van der Waals surface area contributed by atoms with Crippen molar-refractivity contribution in [2.45, 2.75) is 13.5 Å². The van der Waals surface area contributed by atoms with Crippen LogP contribution in [-0.4, -0.2) is 5.97 Å². The molecule has 5 heteroatoms. The fourth-order valence-electron chi connectivity index (χ4n) is 1.81. The van der Waals surface area contributed by atoms with Gasteiger partial charge >= 0.3 is 5.97 Å². The van der Waals surface area contributed by atoms with Gasteiger partial charge in [0.25, 0.3) is 0 Å². The van der Waals surface area contributed by atoms with Crippen molar-refractivity contribution >= 4 is 11.7 Å². The molecule has 104 valence electrons. The highest BCUT2D eigenvalue weighted by atomic mass is 19.1. The summed E-state index contributed by atoms with van der Waals surface area (Å²) >= 11 is 0. The summed E-state index contributed by atoms with van der Waals surface area (Å²) in [7, 11) is 0. The highest BCUT2D eigenvalue weighted by molar-refractivity contribution is 5.90. The molecule has 0 saturated heterocycles. The van der Waals surface area contributed by atoms with Gasteiger partial charge in [-0.15, -0.1) is 0 Å². The number of nitrogens with two attached hydrogens (primary N) is 1. The van der Waals surface area contributed by atoms with Gasteiger partial charge in [-0.25, -0.2) is 13.6 Å². The molecule has 0 amide bonds. The van der Waals surface area contributed by atoms with Crippen LogP contribution in [0.4, 0.5) is 14.5 Å². The van der Waals surface area contributed by atoms with Gasteiger partial charge in [0.1, 0.15) is 18.2 Å². The number of carbonyl (C=O) groups is 1. The molecule has 2 N–H and O–H groups in total. The Kier molecular flexibility index (Phi) is 3.98. The summed E-state index contributed by atoms with van der Waals surface area (Å²) in [6, 6.07) is 7.78. The molecule has 0 aliphatic heterocycles. The molecule has 0 radical (unpaired) electrons. The van der Waals surface area contributed by atoms with Crippen LogP contribution in [-0.2, 0) is 11.3 Å². The Bertz CT molecular complexity index is 636. The minimum atomic E-state index is -0.635. The van der Waals surface area contributed by atoms with Crippen LogP contribution in [0.15, 0.2) is 36.4 Å². The summed E-state index contributed by atoms with van der Waals surface area (Å²) < 4.78 is 31.3. The van der Waals surface area contributed by atoms with Gasteiger partial charge in [0.15, 0.2) is 0 Å². The molecule has 20 heavy (non-hydrogen) atoms. The number of rotatable bonds is 3. The molecule has 0 bridgehead atoms. The highest BCUT2D eigenvalue weighted by Gasteiger charge is 2.11. The van der Waals surface area contributed by atoms with Crippen molar-refractivity contribution in [1.82, 2.24) is 0 Å². The van der Waals surface area contributed by atoms with Crippen LogP contribution in [0.3, 0.4) is 0 Å². The lowest BCUT2D eigenvalue weighted by atomic mass is 10.1. The van der Waals surface area contributed by atoms with E-state index in [0.29, 0.717) is 5.69 Å². The second-order valence-corrected chi connectivity index (χ2v) is 4.44. The zero-order valence-electron chi connectivity index (χ0n) is 10.8. The van der Waals surface area contributed by atoms with E-state index < -0.39 is 17.6 Å². The third-order valence-electron chi connectivity index (χ3n) is 2.70. The topological polar surface area (TPSA) is 52.3 Å². The number of ether oxygens (including phenoxy) is 1. The maximum absolute atomic E-state index is 13.4. The molecule has 0 aliphatic rings. The van der Waals surface area contributed by atoms with Gasteiger partial charge in [-0.1, -0.05) is 0 Å². The Morgan fingerprint density at radius 2 is 1.95 bits per heavy atom. The van der Waals surface area contributed by atoms with Crippen molar-refractivity contribution < 1.29 is 18.3 Å². The average Bonchev–Trinajstić information content (AvgIpc) is 2.38. The van der Waals surface area contributed by atoms with E-state index in [1.807, 2.05) is 0 Å². The molecule has 0 spiro atoms. The van der Waals surface area contributed by atoms with E-state index in [2.05, 4.69) is 0 Å². The number of aryl methyl sites for hydroxylation is 1. The Labute approximate surface area is 115 Å². The van der Waals surface area contributed by atoms with E-state index in [-0.39, 0.29) is 17.7 Å². The summed E-state index contributed by atoms with van der Waals surface area (Å²) in [5.41, 5.74) is 7.15. The Morgan fingerprint density at radius 1 is 1.20 bits per heavy atom. The number of halogens is 2. The number of benzene rings is 2. The molecule has 0 fully saturated rings. The maximum atomic E-state index is 13.4. The van der Waals surface area contributed by atoms with E-state index in [1.165, 1.54) is 6.07 Å². The smallest absolute Gasteiger partial charge is 0.338 e. The van der Waals surface area contributed by atoms with E-state index in [1.54, 1.807) is 19.1 Å². The molecule has 0 unspecified atom stereocenters. The average molecular weight is 277 g/mol. The van der Waals surface area contributed by atoms with Gasteiger partial charge in [-0.05, 0) is 48.9 Å². The molecular weight excluding hydrogens is 264 g/mol. The number of anilines is 1. The molecule has 0 aliphatic carbocycles. The van der Waals surface area contributed by atoms with Crippen LogP contribution in [0.2, 0.25) is 0 Å². The van der Waals surface area contributed by atoms with Crippen molar-refractivity contribution in [1.29, 1.82) is 0 Å². The van der Waals surface area contributed by atoms with Gasteiger partial charge in [-0.2, -0.15) is 0 Å². The van der Waals surface area contributed by atoms with Gasteiger partial charge in [0, 0.05) is 11.3 Å². The molecular formula is C15H13F2NO2. The van der Waals surface area contributed by atoms with E-state index in [4.69, 9.17) is 10.5 Å². The second-order valence-electron chi connectivity index (χ2n) is 4.44. The third-order valence-corrected chi connectivity index (χ3v) is 2.70. The van der Waals surface area contributed by atoms with Crippen molar-refractivity contribution in [2.24, 2.45) is 0 Å². The highest BCUT2D eigenvalue weighted by Crippen LogP contribution is 2.15. The van der Waals surface area contributed by atoms with E-state index in [0.717, 1.165) is 23.8 Å². The standard InChI is InChI=1S/C15H13F2NO2/c1-9-4-10(7-13(18)5-9)15(19)20-8-11-6-12(16)2-3-14(11)17/h2-7H,8,18H2,1H3. The molecule has 0 heterocycles. The monoisotopic (exact) mass is 277 g/mol. The van der Waals surface area contributed by atoms with Crippen LogP contribution in [0.25, 0.3) is 0 Å². The summed E-state index contributed by atoms with van der Waals surface area (Å²) in [4.78, 5) is 11.8. The van der Waals surface area contributed by atoms with Gasteiger partial charge in [0.05, 0.1) is 5.56 Å². The zero-order valence-corrected chi connectivity index (χ0v) is 10.8. The first-order valence-electron chi connectivity index (χ1n) is 5.94. The summed E-state index contributed by atoms with van der Waals surface area (Å²) in [6.45, 7) is 1.45. The number of carbonyl (C=O) groups excluding carboxylic acids is 1. The fraction of sp³-hybridized carbons (Fsp3) is 0.133. The fourth-order valence-corrected chi connectivity index (χ4v) is 1.81. The van der Waals surface area contributed by atoms with Crippen LogP contribution >= 0.6 is 0 Å². The van der Waals surface area contributed by atoms with Gasteiger partial charge < -0.3 is 10.5 Å². The Balaban J connectivity index is 2.10. The van der Waals surface area contributed by atoms with Crippen LogP contribution in [0.1, 0.15) is 21.5 Å². The quantitative estimate of drug-likeness (QED) is 0.692. The molecule has 2 rings (SSSR count). The minimum absolute atomic E-state index is 0.0148. The molecule has 0 saturated carbocycles. The zero-order chi connectivity index (χ0) is 14.7. The number of nitrogen functional groups attached to an aromatic ring is 1. The van der Waals surface area contributed by atoms with Gasteiger partial charge in [-0.3, -0.25) is 0 Å². The van der Waals surface area contributed by atoms with Crippen molar-refractivity contribution in [3.8, 4) is 0 Å². The van der Waals surface area contributed by atoms with Crippen LogP contribution in [0, 0.1) is 18.6 Å². The maximum Gasteiger partial charge on any atom is 0.338 e. The SMILES string of the molecule is Cc1cc(N)cc(C(=O)OCc2cc(F)ccc2F)c1. The minimum Gasteiger partial charge on any atom is -0.457 e. The normalized spacial score (nSPS) is 10.3. The lowest BCUT2D eigenvalue weighted by molar-refractivity contribution is 0.0468. The largest absolute Gasteiger partial charge is 0.457 e. The molecule has 3 nitrogen and oxygen atoms in total. The van der Waals surface area contributed by atoms with Crippen LogP contribution < -0.4 is 5.73 Å². The van der Waals surface area contributed by atoms with E-state index >= 15 is 0 Å². The predicted octanol–water partition coefficient (Wildman–Crippen LogP) is 3.21. The van der Waals surface area contributed by atoms with Crippen molar-refractivity contribution in [2.75, 3.05) is 5.73 Å². The summed E-state index contributed by atoms with van der Waals surface area (Å²) in [5, 5.41) is 0. The number of hydrogen-bond acceptors (Lipinski definition) is 3. The lowest BCUT2D eigenvalue weighted by Gasteiger charge is -2.07. The van der Waals surface area contributed by atoms with Crippen LogP contribution in [0.5, 0.6) is 0 Å². The Hall–Kier alpha value is -2.43. The number of hydrogen-bond donors (Lipinski definition) is 1. The first-order valence-corrected chi connectivity index (χ1v) is 5.94. The molecule has 2 aromatic carbocycles. The predicted molar refractivity (Wildman–Crippen MR) is 71.1 cm³/mol. The first kappa shape index (κ1) is 14.0. The van der Waals surface area contributed by atoms with E-state index in [9.17, 15) is 13.6 Å². The number of esters is 1. The lowest BCUT2D eigenvalue weighted by Crippen LogP contribution is -2.07. The molecule has 0 aromatic heterocycles. The first-order chi connectivity index (χ1) is 9.45.